The Morgan fingerprint density at radius 3 is 1.53 bits per heavy atom. The number of halogens is 3. The summed E-state index contributed by atoms with van der Waals surface area (Å²) in [6.45, 7) is 16.5. The molecule has 0 spiro atoms. The van der Waals surface area contributed by atoms with E-state index in [1.807, 2.05) is 0 Å². The molecule has 0 saturated heterocycles. The molecular weight excluding hydrogens is 873 g/mol. The number of nitrogens with zero attached hydrogens (tertiary/aromatic N) is 6. The summed E-state index contributed by atoms with van der Waals surface area (Å²) >= 11 is 18.3. The summed E-state index contributed by atoms with van der Waals surface area (Å²) in [5.41, 5.74) is 7.75. The maximum absolute atomic E-state index is 11.9. The molecule has 0 saturated carbocycles. The molecule has 6 rings (SSSR count). The first-order valence-corrected chi connectivity index (χ1v) is 20.0. The number of amides is 2. The Morgan fingerprint density at radius 2 is 1.05 bits per heavy atom. The first-order chi connectivity index (χ1) is 29.1. The number of esters is 3. The van der Waals surface area contributed by atoms with Crippen molar-refractivity contribution in [3.05, 3.63) is 87.1 Å². The Hall–Kier alpha value is -6.31. The number of aromatic nitrogens is 6. The van der Waals surface area contributed by atoms with E-state index in [0.29, 0.717) is 50.8 Å². The van der Waals surface area contributed by atoms with Crippen molar-refractivity contribution in [1.29, 1.82) is 0 Å². The van der Waals surface area contributed by atoms with Crippen molar-refractivity contribution in [3.8, 4) is 0 Å². The summed E-state index contributed by atoms with van der Waals surface area (Å²) in [4.78, 5) is 59.2. The van der Waals surface area contributed by atoms with Gasteiger partial charge in [-0.3, -0.25) is 10.6 Å². The largest absolute Gasteiger partial charge is 0.462 e. The number of fused-ring (bicyclic) bond motifs is 3. The number of nitrogens with two attached hydrogens (primary N) is 1. The molecule has 62 heavy (non-hydrogen) atoms. The Kier molecular flexibility index (Phi) is 16.0. The summed E-state index contributed by atoms with van der Waals surface area (Å²) in [5, 5.41) is 18.1. The lowest BCUT2D eigenvalue weighted by molar-refractivity contribution is 0.0519. The van der Waals surface area contributed by atoms with E-state index >= 15 is 0 Å². The fourth-order valence-corrected chi connectivity index (χ4v) is 5.81. The Balaban J connectivity index is 0.000000208. The molecule has 332 valence electrons. The molecule has 0 bridgehead atoms. The fraction of sp³-hybridized carbons (Fsp3) is 0.350. The zero-order chi connectivity index (χ0) is 46.1. The van der Waals surface area contributed by atoms with Gasteiger partial charge < -0.3 is 29.4 Å². The van der Waals surface area contributed by atoms with Gasteiger partial charge in [0.05, 0.1) is 81.6 Å². The van der Waals surface area contributed by atoms with Crippen LogP contribution in [0.5, 0.6) is 0 Å². The molecule has 0 radical (unpaired) electrons. The molecule has 0 atom stereocenters. The molecule has 6 aromatic rings. The minimum absolute atomic E-state index is 0.180. The molecule has 0 aromatic carbocycles. The second-order valence-corrected chi connectivity index (χ2v) is 15.9. The van der Waals surface area contributed by atoms with Crippen molar-refractivity contribution in [2.45, 2.75) is 73.5 Å². The van der Waals surface area contributed by atoms with Crippen molar-refractivity contribution in [3.63, 3.8) is 0 Å². The van der Waals surface area contributed by atoms with Crippen molar-refractivity contribution in [1.82, 2.24) is 28.8 Å². The van der Waals surface area contributed by atoms with E-state index in [0.717, 1.165) is 0 Å². The van der Waals surface area contributed by atoms with Crippen LogP contribution < -0.4 is 16.4 Å². The molecule has 6 heterocycles. The van der Waals surface area contributed by atoms with Crippen LogP contribution in [0, 0.1) is 0 Å². The van der Waals surface area contributed by atoms with Crippen molar-refractivity contribution in [2.75, 3.05) is 36.2 Å². The summed E-state index contributed by atoms with van der Waals surface area (Å²) in [7, 11) is 0. The summed E-state index contributed by atoms with van der Waals surface area (Å²) in [6, 6.07) is 4.72. The maximum Gasteiger partial charge on any atom is 0.412 e. The van der Waals surface area contributed by atoms with Gasteiger partial charge in [-0.1, -0.05) is 34.8 Å². The van der Waals surface area contributed by atoms with Crippen LogP contribution >= 0.6 is 34.8 Å². The molecule has 4 N–H and O–H groups in total. The van der Waals surface area contributed by atoms with Gasteiger partial charge in [0.25, 0.3) is 0 Å². The minimum atomic E-state index is -0.638. The summed E-state index contributed by atoms with van der Waals surface area (Å²) in [6.07, 6.45) is 7.54. The van der Waals surface area contributed by atoms with E-state index in [-0.39, 0.29) is 34.4 Å². The van der Waals surface area contributed by atoms with Crippen LogP contribution in [-0.2, 0) is 23.7 Å². The predicted octanol–water partition coefficient (Wildman–Crippen LogP) is 8.77. The lowest BCUT2D eigenvalue weighted by atomic mass is 10.2. The van der Waals surface area contributed by atoms with E-state index in [2.05, 4.69) is 25.9 Å². The molecule has 0 fully saturated rings. The second kappa shape index (κ2) is 20.5. The standard InChI is InChI=1S/2C15H18ClN3O4.C10H10ClN3O2/c1-5-22-13(20)9-7-17-19-8-10(16)11(6-12(9)19)18-14(21)23-15(2,3)4;1-5-22-13(20)9-8-17-19-7-6-10(11(16)12(9)19)18-14(21)23-15(2,3)4;1-2-16-10(15)6-4-13-14-5-7(11)8(12)3-9(6)14/h2*6-8H,5H2,1-4H3,(H,18,21);3-5H,2,12H2,1H3. The molecule has 0 unspecified atom stereocenters. The monoisotopic (exact) mass is 917 g/mol. The Bertz CT molecular complexity index is 2580. The molecule has 0 aliphatic carbocycles. The SMILES string of the molecule is CCOC(=O)c1cnn2cc(Cl)c(N)cc12.CCOC(=O)c1cnn2cc(Cl)c(NC(=O)OC(C)(C)C)cc12.CCOC(=O)c1cnn2ccc(NC(=O)OC(C)(C)C)c(Cl)c12. The number of nitrogens with one attached hydrogen (secondary N) is 2. The zero-order valence-electron chi connectivity index (χ0n) is 35.3. The highest BCUT2D eigenvalue weighted by Crippen LogP contribution is 2.30. The minimum Gasteiger partial charge on any atom is -0.462 e. The first-order valence-electron chi connectivity index (χ1n) is 18.8. The number of hydrogen-bond acceptors (Lipinski definition) is 14. The average molecular weight is 919 g/mol. The number of carbonyl (C=O) groups is 5. The van der Waals surface area contributed by atoms with E-state index < -0.39 is 41.3 Å². The lowest BCUT2D eigenvalue weighted by Gasteiger charge is -2.20. The first kappa shape index (κ1) is 48.4. The van der Waals surface area contributed by atoms with Gasteiger partial charge in [-0.25, -0.2) is 37.5 Å². The number of pyridine rings is 3. The van der Waals surface area contributed by atoms with Crippen LogP contribution in [0.1, 0.15) is 93.4 Å². The van der Waals surface area contributed by atoms with Crippen molar-refractivity contribution < 1.29 is 47.7 Å². The fourth-order valence-electron chi connectivity index (χ4n) is 5.17. The molecule has 22 heteroatoms. The van der Waals surface area contributed by atoms with Crippen LogP contribution in [-0.4, -0.2) is 90.0 Å². The highest BCUT2D eigenvalue weighted by atomic mass is 35.5. The van der Waals surface area contributed by atoms with Crippen LogP contribution in [0.15, 0.2) is 55.4 Å². The number of carbonyl (C=O) groups excluding carboxylic acids is 5. The number of nitrogen functional groups attached to an aromatic ring is 1. The summed E-state index contributed by atoms with van der Waals surface area (Å²) < 4.78 is 29.6. The van der Waals surface area contributed by atoms with E-state index in [4.69, 9.17) is 64.2 Å². The topological polar surface area (TPSA) is 233 Å². The van der Waals surface area contributed by atoms with Gasteiger partial charge in [-0.15, -0.1) is 0 Å². The van der Waals surface area contributed by atoms with Crippen molar-refractivity contribution >= 4 is 98.5 Å². The molecule has 0 aliphatic heterocycles. The highest BCUT2D eigenvalue weighted by molar-refractivity contribution is 6.38. The Labute approximate surface area is 370 Å². The van der Waals surface area contributed by atoms with Crippen LogP contribution in [0.4, 0.5) is 26.7 Å². The van der Waals surface area contributed by atoms with Gasteiger partial charge in [0.15, 0.2) is 0 Å². The van der Waals surface area contributed by atoms with Gasteiger partial charge in [0, 0.05) is 18.6 Å². The quantitative estimate of drug-likeness (QED) is 0.0957. The van der Waals surface area contributed by atoms with E-state index in [1.54, 1.807) is 92.9 Å². The molecular formula is C40H46Cl3N9O10. The predicted molar refractivity (Wildman–Crippen MR) is 233 cm³/mol. The molecule has 2 amide bonds. The third-order valence-corrected chi connectivity index (χ3v) is 8.62. The van der Waals surface area contributed by atoms with Crippen molar-refractivity contribution in [2.24, 2.45) is 0 Å². The number of ether oxygens (including phenoxy) is 5. The third-order valence-electron chi connectivity index (χ3n) is 7.63. The average Bonchev–Trinajstić information content (AvgIpc) is 3.90. The molecule has 6 aromatic heterocycles. The zero-order valence-corrected chi connectivity index (χ0v) is 37.6. The van der Waals surface area contributed by atoms with Crippen LogP contribution in [0.3, 0.4) is 0 Å². The normalized spacial score (nSPS) is 11.2. The van der Waals surface area contributed by atoms with Gasteiger partial charge in [0.2, 0.25) is 0 Å². The van der Waals surface area contributed by atoms with Gasteiger partial charge in [-0.05, 0) is 80.5 Å². The van der Waals surface area contributed by atoms with Crippen LogP contribution in [0.25, 0.3) is 16.6 Å². The number of rotatable bonds is 8. The van der Waals surface area contributed by atoms with E-state index in [9.17, 15) is 24.0 Å². The van der Waals surface area contributed by atoms with Crippen LogP contribution in [0.2, 0.25) is 15.1 Å². The second-order valence-electron chi connectivity index (χ2n) is 14.7. The lowest BCUT2D eigenvalue weighted by Crippen LogP contribution is -2.27. The highest BCUT2D eigenvalue weighted by Gasteiger charge is 2.23. The smallest absolute Gasteiger partial charge is 0.412 e. The van der Waals surface area contributed by atoms with Gasteiger partial charge in [-0.2, -0.15) is 15.3 Å². The summed E-state index contributed by atoms with van der Waals surface area (Å²) in [5.74, 6) is -1.44. The van der Waals surface area contributed by atoms with Gasteiger partial charge in [0.1, 0.15) is 33.4 Å². The maximum atomic E-state index is 11.9. The Morgan fingerprint density at radius 1 is 0.629 bits per heavy atom. The number of anilines is 3. The number of hydrogen-bond donors (Lipinski definition) is 3. The molecule has 19 nitrogen and oxygen atoms in total. The third kappa shape index (κ3) is 12.6. The molecule has 0 aliphatic rings. The van der Waals surface area contributed by atoms with E-state index in [1.165, 1.54) is 38.3 Å². The van der Waals surface area contributed by atoms with Gasteiger partial charge >= 0.3 is 30.1 Å².